The van der Waals surface area contributed by atoms with Crippen LogP contribution in [-0.2, 0) is 11.3 Å². The SMILES string of the molecule is COc1ccc(C(=O)NCC(=O)N=Nc2c(O)n(Cc3ccccc3)c3ccccc23)cc1. The van der Waals surface area contributed by atoms with Gasteiger partial charge in [0.1, 0.15) is 12.3 Å². The Labute approximate surface area is 190 Å². The second kappa shape index (κ2) is 9.78. The van der Waals surface area contributed by atoms with Gasteiger partial charge < -0.3 is 19.7 Å². The summed E-state index contributed by atoms with van der Waals surface area (Å²) in [5.41, 5.74) is 2.38. The molecule has 0 aliphatic heterocycles. The van der Waals surface area contributed by atoms with E-state index in [1.165, 1.54) is 7.11 Å². The van der Waals surface area contributed by atoms with Gasteiger partial charge in [-0.2, -0.15) is 0 Å². The molecule has 0 bridgehead atoms. The lowest BCUT2D eigenvalue weighted by Gasteiger charge is -2.06. The van der Waals surface area contributed by atoms with Crippen LogP contribution in [0.5, 0.6) is 11.6 Å². The maximum atomic E-state index is 12.2. The Bertz CT molecular complexity index is 1310. The molecule has 2 N–H and O–H groups in total. The molecule has 0 saturated heterocycles. The fraction of sp³-hybridized carbons (Fsp3) is 0.120. The molecular weight excluding hydrogens is 420 g/mol. The van der Waals surface area contributed by atoms with Gasteiger partial charge in [-0.05, 0) is 35.9 Å². The topological polar surface area (TPSA) is 105 Å². The molecule has 0 aliphatic carbocycles. The third-order valence-corrected chi connectivity index (χ3v) is 5.11. The fourth-order valence-corrected chi connectivity index (χ4v) is 3.44. The summed E-state index contributed by atoms with van der Waals surface area (Å²) in [4.78, 5) is 24.4. The molecule has 4 aromatic rings. The molecule has 4 rings (SSSR count). The molecular formula is C25H22N4O4. The highest BCUT2D eigenvalue weighted by Gasteiger charge is 2.17. The van der Waals surface area contributed by atoms with Crippen molar-refractivity contribution in [3.63, 3.8) is 0 Å². The van der Waals surface area contributed by atoms with Gasteiger partial charge in [0.2, 0.25) is 5.88 Å². The number of azo groups is 1. The summed E-state index contributed by atoms with van der Waals surface area (Å²) in [6, 6.07) is 23.6. The summed E-state index contributed by atoms with van der Waals surface area (Å²) >= 11 is 0. The third kappa shape index (κ3) is 4.90. The second-order valence-corrected chi connectivity index (χ2v) is 7.27. The van der Waals surface area contributed by atoms with E-state index < -0.39 is 11.8 Å². The number of aromatic nitrogens is 1. The first-order valence-electron chi connectivity index (χ1n) is 10.3. The van der Waals surface area contributed by atoms with E-state index in [-0.39, 0.29) is 18.1 Å². The Morgan fingerprint density at radius 2 is 1.67 bits per heavy atom. The largest absolute Gasteiger partial charge is 0.497 e. The minimum Gasteiger partial charge on any atom is -0.497 e. The van der Waals surface area contributed by atoms with Gasteiger partial charge in [0.05, 0.1) is 19.2 Å². The minimum absolute atomic E-state index is 0.0844. The van der Waals surface area contributed by atoms with Crippen LogP contribution in [0.3, 0.4) is 0 Å². The monoisotopic (exact) mass is 442 g/mol. The standard InChI is InChI=1S/C25H22N4O4/c1-33-19-13-11-18(12-14-19)24(31)26-15-22(30)27-28-23-20-9-5-6-10-21(20)29(25(23)32)16-17-7-3-2-4-8-17/h2-14,32H,15-16H2,1H3,(H,26,31). The summed E-state index contributed by atoms with van der Waals surface area (Å²) in [5, 5.41) is 21.7. The van der Waals surface area contributed by atoms with Crippen LogP contribution in [0.1, 0.15) is 15.9 Å². The van der Waals surface area contributed by atoms with Crippen molar-refractivity contribution in [2.75, 3.05) is 13.7 Å². The lowest BCUT2D eigenvalue weighted by Crippen LogP contribution is -2.28. The summed E-state index contributed by atoms with van der Waals surface area (Å²) in [6.45, 7) is 0.117. The molecule has 8 nitrogen and oxygen atoms in total. The zero-order valence-corrected chi connectivity index (χ0v) is 17.9. The zero-order valence-electron chi connectivity index (χ0n) is 17.9. The first kappa shape index (κ1) is 21.8. The number of aromatic hydroxyl groups is 1. The van der Waals surface area contributed by atoms with E-state index in [4.69, 9.17) is 4.74 Å². The Kier molecular flexibility index (Phi) is 6.45. The number of carbonyl (C=O) groups excluding carboxylic acids is 2. The molecule has 1 heterocycles. The molecule has 0 fully saturated rings. The number of para-hydroxylation sites is 1. The number of carbonyl (C=O) groups is 2. The van der Waals surface area contributed by atoms with Crippen molar-refractivity contribution in [1.82, 2.24) is 9.88 Å². The molecule has 1 aromatic heterocycles. The number of fused-ring (bicyclic) bond motifs is 1. The number of ether oxygens (including phenoxy) is 1. The highest BCUT2D eigenvalue weighted by molar-refractivity contribution is 5.97. The minimum atomic E-state index is -0.642. The van der Waals surface area contributed by atoms with E-state index in [0.29, 0.717) is 23.2 Å². The van der Waals surface area contributed by atoms with Crippen molar-refractivity contribution in [3.8, 4) is 11.6 Å². The molecule has 0 saturated carbocycles. The van der Waals surface area contributed by atoms with Crippen LogP contribution in [0.25, 0.3) is 10.9 Å². The number of nitrogens with zero attached hydrogens (tertiary/aromatic N) is 3. The molecule has 0 aliphatic rings. The van der Waals surface area contributed by atoms with Crippen LogP contribution in [0.2, 0.25) is 0 Å². The molecule has 8 heteroatoms. The molecule has 2 amide bonds. The lowest BCUT2D eigenvalue weighted by molar-refractivity contribution is -0.117. The highest BCUT2D eigenvalue weighted by atomic mass is 16.5. The Morgan fingerprint density at radius 3 is 2.39 bits per heavy atom. The van der Waals surface area contributed by atoms with Crippen molar-refractivity contribution in [1.29, 1.82) is 0 Å². The van der Waals surface area contributed by atoms with Gasteiger partial charge in [0, 0.05) is 10.9 Å². The Morgan fingerprint density at radius 1 is 0.970 bits per heavy atom. The van der Waals surface area contributed by atoms with Crippen molar-refractivity contribution in [3.05, 3.63) is 90.0 Å². The van der Waals surface area contributed by atoms with Gasteiger partial charge >= 0.3 is 0 Å². The highest BCUT2D eigenvalue weighted by Crippen LogP contribution is 2.39. The maximum Gasteiger partial charge on any atom is 0.283 e. The van der Waals surface area contributed by atoms with E-state index in [1.54, 1.807) is 34.9 Å². The molecule has 0 unspecified atom stereocenters. The second-order valence-electron chi connectivity index (χ2n) is 7.27. The number of methoxy groups -OCH3 is 1. The van der Waals surface area contributed by atoms with Crippen LogP contribution in [0.4, 0.5) is 5.69 Å². The van der Waals surface area contributed by atoms with Gasteiger partial charge in [0.25, 0.3) is 11.8 Å². The van der Waals surface area contributed by atoms with E-state index in [9.17, 15) is 14.7 Å². The van der Waals surface area contributed by atoms with Gasteiger partial charge in [-0.3, -0.25) is 9.59 Å². The lowest BCUT2D eigenvalue weighted by atomic mass is 10.2. The summed E-state index contributed by atoms with van der Waals surface area (Å²) in [5.74, 6) is -0.513. The quantitative estimate of drug-likeness (QED) is 0.413. The predicted molar refractivity (Wildman–Crippen MR) is 124 cm³/mol. The maximum absolute atomic E-state index is 12.2. The van der Waals surface area contributed by atoms with Crippen LogP contribution in [0, 0.1) is 0 Å². The molecule has 0 spiro atoms. The number of nitrogens with one attached hydrogen (secondary N) is 1. The first-order chi connectivity index (χ1) is 16.1. The number of hydrogen-bond acceptors (Lipinski definition) is 5. The summed E-state index contributed by atoms with van der Waals surface area (Å²) in [7, 11) is 1.54. The normalized spacial score (nSPS) is 11.1. The smallest absolute Gasteiger partial charge is 0.283 e. The van der Waals surface area contributed by atoms with Crippen LogP contribution in [0.15, 0.2) is 89.1 Å². The van der Waals surface area contributed by atoms with Gasteiger partial charge in [-0.25, -0.2) is 0 Å². The fourth-order valence-electron chi connectivity index (χ4n) is 3.44. The Balaban J connectivity index is 1.48. The molecule has 33 heavy (non-hydrogen) atoms. The van der Waals surface area contributed by atoms with Crippen molar-refractivity contribution >= 4 is 28.4 Å². The first-order valence-corrected chi connectivity index (χ1v) is 10.3. The number of amides is 2. The van der Waals surface area contributed by atoms with Crippen LogP contribution in [-0.4, -0.2) is 35.1 Å². The average Bonchev–Trinajstić information content (AvgIpc) is 3.12. The van der Waals surface area contributed by atoms with E-state index in [0.717, 1.165) is 11.1 Å². The third-order valence-electron chi connectivity index (χ3n) is 5.11. The molecule has 0 atom stereocenters. The number of rotatable bonds is 7. The van der Waals surface area contributed by atoms with E-state index in [1.807, 2.05) is 48.5 Å². The molecule has 3 aromatic carbocycles. The van der Waals surface area contributed by atoms with Gasteiger partial charge in [-0.15, -0.1) is 10.2 Å². The van der Waals surface area contributed by atoms with E-state index >= 15 is 0 Å². The van der Waals surface area contributed by atoms with Crippen molar-refractivity contribution in [2.45, 2.75) is 6.54 Å². The van der Waals surface area contributed by atoms with Crippen molar-refractivity contribution in [2.24, 2.45) is 10.2 Å². The van der Waals surface area contributed by atoms with Crippen LogP contribution >= 0.6 is 0 Å². The molecule has 166 valence electrons. The Hall–Kier alpha value is -4.46. The predicted octanol–water partition coefficient (Wildman–Crippen LogP) is 4.44. The number of benzene rings is 3. The zero-order chi connectivity index (χ0) is 23.2. The van der Waals surface area contributed by atoms with Crippen molar-refractivity contribution < 1.29 is 19.4 Å². The van der Waals surface area contributed by atoms with Crippen LogP contribution < -0.4 is 10.1 Å². The van der Waals surface area contributed by atoms with E-state index in [2.05, 4.69) is 15.5 Å². The average molecular weight is 442 g/mol. The van der Waals surface area contributed by atoms with Gasteiger partial charge in [0.15, 0.2) is 5.69 Å². The summed E-state index contributed by atoms with van der Waals surface area (Å²) in [6.07, 6.45) is 0. The van der Waals surface area contributed by atoms with Gasteiger partial charge in [-0.1, -0.05) is 48.5 Å². The number of hydrogen-bond donors (Lipinski definition) is 2. The summed E-state index contributed by atoms with van der Waals surface area (Å²) < 4.78 is 6.78. The molecule has 0 radical (unpaired) electrons.